The van der Waals surface area contributed by atoms with Crippen LogP contribution in [-0.4, -0.2) is 46.6 Å². The largest absolute Gasteiger partial charge is 0.485 e. The summed E-state index contributed by atoms with van der Waals surface area (Å²) in [5, 5.41) is 17.3. The molecule has 0 atom stereocenters. The highest BCUT2D eigenvalue weighted by Gasteiger charge is 2.19. The van der Waals surface area contributed by atoms with E-state index < -0.39 is 5.82 Å². The molecule has 2 heterocycles. The zero-order chi connectivity index (χ0) is 20.6. The zero-order valence-corrected chi connectivity index (χ0v) is 16.4. The molecule has 2 aromatic heterocycles. The van der Waals surface area contributed by atoms with E-state index in [9.17, 15) is 9.18 Å². The monoisotopic (exact) mass is 419 g/mol. The lowest BCUT2D eigenvalue weighted by atomic mass is 10.1. The molecule has 0 saturated carbocycles. The summed E-state index contributed by atoms with van der Waals surface area (Å²) in [6.45, 7) is 0.642. The summed E-state index contributed by atoms with van der Waals surface area (Å²) in [5.41, 5.74) is 1.94. The van der Waals surface area contributed by atoms with Crippen molar-refractivity contribution in [3.63, 3.8) is 0 Å². The van der Waals surface area contributed by atoms with Gasteiger partial charge in [-0.3, -0.25) is 9.89 Å². The number of hydrogen-bond acceptors (Lipinski definition) is 6. The number of aromatic amines is 1. The summed E-state index contributed by atoms with van der Waals surface area (Å²) in [6, 6.07) is 6.21. The number of aryl methyl sites for hydroxylation is 1. The van der Waals surface area contributed by atoms with Crippen LogP contribution in [0.4, 0.5) is 10.2 Å². The van der Waals surface area contributed by atoms with E-state index in [1.54, 1.807) is 31.6 Å². The molecule has 3 rings (SSSR count). The maximum absolute atomic E-state index is 13.5. The Morgan fingerprint density at radius 2 is 2.14 bits per heavy atom. The van der Waals surface area contributed by atoms with Crippen molar-refractivity contribution in [2.45, 2.75) is 12.8 Å². The van der Waals surface area contributed by atoms with Gasteiger partial charge in [0, 0.05) is 19.1 Å². The molecule has 0 aliphatic rings. The van der Waals surface area contributed by atoms with Gasteiger partial charge in [-0.05, 0) is 30.2 Å². The molecule has 2 N–H and O–H groups in total. The van der Waals surface area contributed by atoms with E-state index in [0.717, 1.165) is 0 Å². The molecule has 152 valence electrons. The van der Waals surface area contributed by atoms with Crippen molar-refractivity contribution < 1.29 is 18.7 Å². The first kappa shape index (κ1) is 20.7. The van der Waals surface area contributed by atoms with Crippen molar-refractivity contribution in [2.75, 3.05) is 25.6 Å². The summed E-state index contributed by atoms with van der Waals surface area (Å²) in [4.78, 5) is 12.4. The first-order valence-electron chi connectivity index (χ1n) is 8.79. The number of nitrogens with one attached hydrogen (secondary N) is 2. The SMILES string of the molecule is COCCOc1c(NC(=O)CCc2ccc(Cl)c(F)c2)n[nH]c1-c1ccnnc1. The lowest BCUT2D eigenvalue weighted by Crippen LogP contribution is -2.14. The van der Waals surface area contributed by atoms with Crippen LogP contribution in [0.2, 0.25) is 5.02 Å². The molecule has 0 aliphatic heterocycles. The van der Waals surface area contributed by atoms with Gasteiger partial charge in [0.2, 0.25) is 5.91 Å². The highest BCUT2D eigenvalue weighted by atomic mass is 35.5. The second-order valence-electron chi connectivity index (χ2n) is 6.05. The van der Waals surface area contributed by atoms with Crippen molar-refractivity contribution in [3.05, 3.63) is 53.1 Å². The molecular formula is C19H19ClFN5O3. The normalized spacial score (nSPS) is 10.7. The number of carbonyl (C=O) groups is 1. The van der Waals surface area contributed by atoms with Gasteiger partial charge >= 0.3 is 0 Å². The first-order valence-corrected chi connectivity index (χ1v) is 9.17. The maximum Gasteiger partial charge on any atom is 0.226 e. The number of halogens is 2. The van der Waals surface area contributed by atoms with Crippen LogP contribution < -0.4 is 10.1 Å². The Morgan fingerprint density at radius 3 is 2.86 bits per heavy atom. The highest BCUT2D eigenvalue weighted by molar-refractivity contribution is 6.30. The number of amides is 1. The Labute approximate surface area is 171 Å². The molecule has 0 aliphatic carbocycles. The van der Waals surface area contributed by atoms with Gasteiger partial charge in [0.05, 0.1) is 24.0 Å². The van der Waals surface area contributed by atoms with E-state index in [-0.39, 0.29) is 29.8 Å². The number of rotatable bonds is 9. The van der Waals surface area contributed by atoms with Crippen LogP contribution in [0.25, 0.3) is 11.3 Å². The van der Waals surface area contributed by atoms with Crippen LogP contribution in [-0.2, 0) is 16.0 Å². The molecule has 0 radical (unpaired) electrons. The third kappa shape index (κ3) is 5.49. The number of methoxy groups -OCH3 is 1. The Balaban J connectivity index is 1.70. The summed E-state index contributed by atoms with van der Waals surface area (Å²) < 4.78 is 24.3. The maximum atomic E-state index is 13.5. The van der Waals surface area contributed by atoms with E-state index in [0.29, 0.717) is 35.6 Å². The van der Waals surface area contributed by atoms with Crippen LogP contribution in [0.1, 0.15) is 12.0 Å². The number of anilines is 1. The van der Waals surface area contributed by atoms with E-state index in [1.807, 2.05) is 0 Å². The molecular weight excluding hydrogens is 401 g/mol. The number of H-pyrrole nitrogens is 1. The van der Waals surface area contributed by atoms with Gasteiger partial charge in [0.25, 0.3) is 0 Å². The molecule has 0 unspecified atom stereocenters. The molecule has 1 aromatic carbocycles. The minimum Gasteiger partial charge on any atom is -0.485 e. The average molecular weight is 420 g/mol. The minimum atomic E-state index is -0.513. The number of ether oxygens (including phenoxy) is 2. The van der Waals surface area contributed by atoms with Crippen molar-refractivity contribution in [2.24, 2.45) is 0 Å². The van der Waals surface area contributed by atoms with Gasteiger partial charge < -0.3 is 14.8 Å². The third-order valence-electron chi connectivity index (χ3n) is 4.01. The number of hydrogen-bond donors (Lipinski definition) is 2. The molecule has 29 heavy (non-hydrogen) atoms. The van der Waals surface area contributed by atoms with Gasteiger partial charge in [-0.1, -0.05) is 17.7 Å². The van der Waals surface area contributed by atoms with E-state index >= 15 is 0 Å². The zero-order valence-electron chi connectivity index (χ0n) is 15.6. The Hall–Kier alpha value is -3.04. The molecule has 1 amide bonds. The topological polar surface area (TPSA) is 102 Å². The van der Waals surface area contributed by atoms with Gasteiger partial charge in [0.1, 0.15) is 18.1 Å². The van der Waals surface area contributed by atoms with Crippen molar-refractivity contribution in [3.8, 4) is 17.0 Å². The standard InChI is InChI=1S/C19H19ClFN5O3/c1-28-8-9-29-18-17(13-6-7-22-23-11-13)25-26-19(18)24-16(27)5-3-12-2-4-14(20)15(21)10-12/h2,4,6-7,10-11H,3,5,8-9H2,1H3,(H2,24,25,26,27). The molecule has 10 heteroatoms. The van der Waals surface area contributed by atoms with Crippen LogP contribution in [0.5, 0.6) is 5.75 Å². The highest BCUT2D eigenvalue weighted by Crippen LogP contribution is 2.34. The number of nitrogens with zero attached hydrogens (tertiary/aromatic N) is 3. The molecule has 0 spiro atoms. The predicted octanol–water partition coefficient (Wildman–Crippen LogP) is 3.26. The second-order valence-corrected chi connectivity index (χ2v) is 6.45. The fraction of sp³-hybridized carbons (Fsp3) is 0.263. The number of benzene rings is 1. The Kier molecular flexibility index (Phi) is 7.09. The van der Waals surface area contributed by atoms with Crippen LogP contribution in [0.15, 0.2) is 36.7 Å². The van der Waals surface area contributed by atoms with Gasteiger partial charge in [-0.15, -0.1) is 0 Å². The molecule has 0 saturated heterocycles. The lowest BCUT2D eigenvalue weighted by Gasteiger charge is -2.09. The Morgan fingerprint density at radius 1 is 1.28 bits per heavy atom. The second kappa shape index (κ2) is 9.94. The average Bonchev–Trinajstić information content (AvgIpc) is 3.12. The molecule has 0 fully saturated rings. The van der Waals surface area contributed by atoms with Gasteiger partial charge in [0.15, 0.2) is 11.6 Å². The van der Waals surface area contributed by atoms with Crippen LogP contribution in [0, 0.1) is 5.82 Å². The Bertz CT molecular complexity index is 968. The van der Waals surface area contributed by atoms with Crippen molar-refractivity contribution in [1.82, 2.24) is 20.4 Å². The van der Waals surface area contributed by atoms with Crippen molar-refractivity contribution in [1.29, 1.82) is 0 Å². The summed E-state index contributed by atoms with van der Waals surface area (Å²) in [6.07, 6.45) is 3.58. The van der Waals surface area contributed by atoms with Crippen LogP contribution in [0.3, 0.4) is 0 Å². The van der Waals surface area contributed by atoms with Crippen LogP contribution >= 0.6 is 11.6 Å². The number of carbonyl (C=O) groups excluding carboxylic acids is 1. The van der Waals surface area contributed by atoms with Crippen molar-refractivity contribution >= 4 is 23.3 Å². The van der Waals surface area contributed by atoms with E-state index in [1.165, 1.54) is 12.1 Å². The molecule has 8 nitrogen and oxygen atoms in total. The minimum absolute atomic E-state index is 0.0469. The smallest absolute Gasteiger partial charge is 0.226 e. The molecule has 0 bridgehead atoms. The molecule has 3 aromatic rings. The predicted molar refractivity (Wildman–Crippen MR) is 105 cm³/mol. The van der Waals surface area contributed by atoms with E-state index in [4.69, 9.17) is 21.1 Å². The van der Waals surface area contributed by atoms with Gasteiger partial charge in [-0.2, -0.15) is 15.3 Å². The fourth-order valence-electron chi connectivity index (χ4n) is 2.57. The van der Waals surface area contributed by atoms with Gasteiger partial charge in [-0.25, -0.2) is 4.39 Å². The summed E-state index contributed by atoms with van der Waals surface area (Å²) in [5.74, 6) is -0.176. The third-order valence-corrected chi connectivity index (χ3v) is 4.32. The van der Waals surface area contributed by atoms with E-state index in [2.05, 4.69) is 25.7 Å². The first-order chi connectivity index (χ1) is 14.1. The summed E-state index contributed by atoms with van der Waals surface area (Å²) in [7, 11) is 1.56. The fourth-order valence-corrected chi connectivity index (χ4v) is 2.68. The lowest BCUT2D eigenvalue weighted by molar-refractivity contribution is -0.116. The summed E-state index contributed by atoms with van der Waals surface area (Å²) >= 11 is 5.68. The quantitative estimate of drug-likeness (QED) is 0.516. The number of aromatic nitrogens is 4.